The number of rotatable bonds is 6. The zero-order chi connectivity index (χ0) is 12.2. The number of carbonyl (C=O) groups is 1. The van der Waals surface area contributed by atoms with E-state index < -0.39 is 22.0 Å². The first-order valence-corrected chi connectivity index (χ1v) is 4.16. The summed E-state index contributed by atoms with van der Waals surface area (Å²) in [7, 11) is 0. The lowest BCUT2D eigenvalue weighted by atomic mass is 10.0. The summed E-state index contributed by atoms with van der Waals surface area (Å²) in [5.74, 6) is -1.52. The van der Waals surface area contributed by atoms with Crippen LogP contribution in [0.25, 0.3) is 0 Å². The Kier molecular flexibility index (Phi) is 4.42. The number of hydrazine groups is 2. The van der Waals surface area contributed by atoms with Crippen LogP contribution in [0, 0.1) is 27.4 Å². The van der Waals surface area contributed by atoms with Crippen molar-refractivity contribution in [3.8, 4) is 0 Å². The minimum Gasteiger partial charge on any atom is -0.567 e. The molecule has 0 amide bonds. The van der Waals surface area contributed by atoms with Crippen molar-refractivity contribution in [2.75, 3.05) is 0 Å². The van der Waals surface area contributed by atoms with Crippen molar-refractivity contribution < 1.29 is 19.8 Å². The van der Waals surface area contributed by atoms with Gasteiger partial charge < -0.3 is 15.5 Å². The maximum atomic E-state index is 10.7. The van der Waals surface area contributed by atoms with Gasteiger partial charge in [0.15, 0.2) is 0 Å². The molecular formula is C6H13N5O4. The Morgan fingerprint density at radius 1 is 1.40 bits per heavy atom. The van der Waals surface area contributed by atoms with Gasteiger partial charge in [0.1, 0.15) is 5.12 Å². The molecule has 0 aliphatic carbocycles. The lowest BCUT2D eigenvalue weighted by Gasteiger charge is -2.18. The number of hydrogen-bond acceptors (Lipinski definition) is 5. The Hall–Kier alpha value is -1.93. The fourth-order valence-electron chi connectivity index (χ4n) is 1.07. The molecule has 0 saturated carbocycles. The second-order valence-corrected chi connectivity index (χ2v) is 3.35. The van der Waals surface area contributed by atoms with Gasteiger partial charge in [-0.15, -0.1) is 0 Å². The Morgan fingerprint density at radius 3 is 2.00 bits per heavy atom. The molecule has 0 aromatic heterocycles. The summed E-state index contributed by atoms with van der Waals surface area (Å²) in [6, 6.07) is -1.50. The second kappa shape index (κ2) is 5.08. The van der Waals surface area contributed by atoms with Crippen LogP contribution in [0.3, 0.4) is 0 Å². The van der Waals surface area contributed by atoms with E-state index in [0.29, 0.717) is 0 Å². The molecule has 0 fully saturated rings. The van der Waals surface area contributed by atoms with E-state index in [2.05, 4.69) is 0 Å². The predicted molar refractivity (Wildman–Crippen MR) is 45.4 cm³/mol. The van der Waals surface area contributed by atoms with Crippen LogP contribution in [0.15, 0.2) is 0 Å². The SMILES string of the molecule is CC(C)C[C@@H](C(=O)O)N([N+](=N)[O-])[N+](=N)[O-]. The first-order valence-electron chi connectivity index (χ1n) is 4.16. The maximum Gasteiger partial charge on any atom is 0.339 e. The molecule has 1 atom stereocenters. The van der Waals surface area contributed by atoms with E-state index in [0.717, 1.165) is 0 Å². The Balaban J connectivity index is 4.92. The molecule has 0 bridgehead atoms. The fourth-order valence-corrected chi connectivity index (χ4v) is 1.07. The van der Waals surface area contributed by atoms with Crippen LogP contribution in [-0.2, 0) is 4.79 Å². The molecular weight excluding hydrogens is 206 g/mol. The number of aliphatic carboxylic acids is 1. The molecule has 0 aliphatic rings. The molecule has 0 saturated heterocycles. The molecule has 15 heavy (non-hydrogen) atoms. The van der Waals surface area contributed by atoms with Crippen molar-refractivity contribution in [1.29, 1.82) is 11.1 Å². The van der Waals surface area contributed by atoms with Crippen molar-refractivity contribution in [2.45, 2.75) is 26.3 Å². The molecule has 9 heteroatoms. The molecule has 0 unspecified atom stereocenters. The zero-order valence-corrected chi connectivity index (χ0v) is 8.38. The van der Waals surface area contributed by atoms with Gasteiger partial charge >= 0.3 is 5.97 Å². The second-order valence-electron chi connectivity index (χ2n) is 3.35. The van der Waals surface area contributed by atoms with Gasteiger partial charge in [-0.05, 0) is 23.4 Å². The molecule has 0 spiro atoms. The van der Waals surface area contributed by atoms with Crippen LogP contribution in [0.2, 0.25) is 0 Å². The predicted octanol–water partition coefficient (Wildman–Crippen LogP) is 0.700. The highest BCUT2D eigenvalue weighted by Gasteiger charge is 2.39. The molecule has 86 valence electrons. The van der Waals surface area contributed by atoms with Crippen molar-refractivity contribution in [3.05, 3.63) is 10.4 Å². The zero-order valence-electron chi connectivity index (χ0n) is 8.38. The standard InChI is InChI=1S/C6H13N5O4/c1-4(2)3-5(6(12)13)9(10(7)14)11(8)15/h4-5,7-8H,3H2,1-2H3,(H,12,13)/t5-/m0/s1. The third-order valence-electron chi connectivity index (χ3n) is 1.63. The molecule has 0 radical (unpaired) electrons. The number of nitrogens with zero attached hydrogens (tertiary/aromatic N) is 3. The van der Waals surface area contributed by atoms with Crippen molar-refractivity contribution in [3.63, 3.8) is 0 Å². The van der Waals surface area contributed by atoms with E-state index in [4.69, 9.17) is 16.2 Å². The number of nitrogens with one attached hydrogen (secondary N) is 2. The highest BCUT2D eigenvalue weighted by molar-refractivity contribution is 5.72. The molecule has 0 heterocycles. The summed E-state index contributed by atoms with van der Waals surface area (Å²) in [6.07, 6.45) is -0.00935. The summed E-state index contributed by atoms with van der Waals surface area (Å²) in [4.78, 5) is 9.33. The van der Waals surface area contributed by atoms with E-state index in [1.807, 2.05) is 0 Å². The Labute approximate surface area is 85.6 Å². The summed E-state index contributed by atoms with van der Waals surface area (Å²) in [5.41, 5.74) is 13.2. The van der Waals surface area contributed by atoms with Gasteiger partial charge in [-0.3, -0.25) is 0 Å². The third-order valence-corrected chi connectivity index (χ3v) is 1.63. The van der Waals surface area contributed by atoms with Gasteiger partial charge in [-0.2, -0.15) is 0 Å². The van der Waals surface area contributed by atoms with Gasteiger partial charge in [0.05, 0.1) is 9.94 Å². The third kappa shape index (κ3) is 3.75. The maximum absolute atomic E-state index is 10.7. The summed E-state index contributed by atoms with van der Waals surface area (Å²) in [6.45, 7) is 3.40. The molecule has 0 aromatic rings. The van der Waals surface area contributed by atoms with Crippen molar-refractivity contribution in [2.24, 2.45) is 5.92 Å². The summed E-state index contributed by atoms with van der Waals surface area (Å²) >= 11 is 0. The van der Waals surface area contributed by atoms with Crippen LogP contribution in [0.4, 0.5) is 0 Å². The minimum absolute atomic E-state index is 0.00935. The first kappa shape index (κ1) is 13.1. The van der Waals surface area contributed by atoms with E-state index >= 15 is 0 Å². The van der Waals surface area contributed by atoms with E-state index in [1.54, 1.807) is 13.8 Å². The quantitative estimate of drug-likeness (QED) is 0.342. The Morgan fingerprint density at radius 2 is 1.80 bits per heavy atom. The number of hydrogen-bond donors (Lipinski definition) is 3. The average Bonchev–Trinajstić information content (AvgIpc) is 2.00. The van der Waals surface area contributed by atoms with Gasteiger partial charge in [-0.25, -0.2) is 4.79 Å². The van der Waals surface area contributed by atoms with E-state index in [1.165, 1.54) is 0 Å². The lowest BCUT2D eigenvalue weighted by molar-refractivity contribution is -0.959. The number of carboxylic acids is 1. The average molecular weight is 219 g/mol. The molecule has 9 nitrogen and oxygen atoms in total. The van der Waals surface area contributed by atoms with Crippen molar-refractivity contribution >= 4 is 5.97 Å². The van der Waals surface area contributed by atoms with E-state index in [-0.39, 0.29) is 17.5 Å². The van der Waals surface area contributed by atoms with Crippen LogP contribution in [0.1, 0.15) is 20.3 Å². The Bertz CT molecular complexity index is 265. The van der Waals surface area contributed by atoms with Crippen LogP contribution in [0.5, 0.6) is 0 Å². The van der Waals surface area contributed by atoms with Crippen LogP contribution in [-0.4, -0.2) is 32.2 Å². The van der Waals surface area contributed by atoms with Crippen LogP contribution < -0.4 is 0 Å². The van der Waals surface area contributed by atoms with Crippen molar-refractivity contribution in [1.82, 2.24) is 5.12 Å². The highest BCUT2D eigenvalue weighted by atomic mass is 16.6. The molecule has 0 aromatic carbocycles. The highest BCUT2D eigenvalue weighted by Crippen LogP contribution is 2.12. The lowest BCUT2D eigenvalue weighted by Crippen LogP contribution is -2.48. The molecule has 3 N–H and O–H groups in total. The fraction of sp³-hybridized carbons (Fsp3) is 0.833. The molecule has 0 aliphatic heterocycles. The van der Waals surface area contributed by atoms with Crippen LogP contribution >= 0.6 is 0 Å². The van der Waals surface area contributed by atoms with E-state index in [9.17, 15) is 15.2 Å². The smallest absolute Gasteiger partial charge is 0.339 e. The summed E-state index contributed by atoms with van der Waals surface area (Å²) < 4.78 is 0. The normalized spacial score (nSPS) is 12.2. The topological polar surface area (TPSA) is 140 Å². The number of carboxylic acid groups (broad SMARTS) is 1. The monoisotopic (exact) mass is 219 g/mol. The van der Waals surface area contributed by atoms with Gasteiger partial charge in [0, 0.05) is 0 Å². The van der Waals surface area contributed by atoms with Gasteiger partial charge in [-0.1, -0.05) is 13.8 Å². The first-order chi connectivity index (χ1) is 6.77. The molecule has 0 rings (SSSR count). The minimum atomic E-state index is -1.50. The van der Waals surface area contributed by atoms with Gasteiger partial charge in [0.2, 0.25) is 0 Å². The summed E-state index contributed by atoms with van der Waals surface area (Å²) in [5, 5.41) is 29.9. The van der Waals surface area contributed by atoms with Gasteiger partial charge in [0.25, 0.3) is 6.04 Å². The largest absolute Gasteiger partial charge is 0.567 e.